The van der Waals surface area contributed by atoms with E-state index in [0.29, 0.717) is 6.42 Å². The molecule has 4 nitrogen and oxygen atoms in total. The average Bonchev–Trinajstić information content (AvgIpc) is 2.44. The molecule has 0 fully saturated rings. The molecule has 0 amide bonds. The van der Waals surface area contributed by atoms with E-state index in [1.54, 1.807) is 20.8 Å². The van der Waals surface area contributed by atoms with Crippen LogP contribution in [0.25, 0.3) is 10.8 Å². The van der Waals surface area contributed by atoms with Gasteiger partial charge in [-0.05, 0) is 43.5 Å². The number of fused-ring (bicyclic) bond motifs is 1. The summed E-state index contributed by atoms with van der Waals surface area (Å²) in [5.41, 5.74) is 0.318. The van der Waals surface area contributed by atoms with Crippen molar-refractivity contribution >= 4 is 22.7 Å². The predicted molar refractivity (Wildman–Crippen MR) is 89.2 cm³/mol. The molecular formula is C19H22O4. The van der Waals surface area contributed by atoms with Crippen molar-refractivity contribution in [1.29, 1.82) is 0 Å². The van der Waals surface area contributed by atoms with E-state index in [1.165, 1.54) is 0 Å². The lowest BCUT2D eigenvalue weighted by Gasteiger charge is -2.21. The van der Waals surface area contributed by atoms with Crippen molar-refractivity contribution in [2.75, 3.05) is 0 Å². The third-order valence-electron chi connectivity index (χ3n) is 3.53. The van der Waals surface area contributed by atoms with Crippen LogP contribution in [0.5, 0.6) is 0 Å². The van der Waals surface area contributed by atoms with Gasteiger partial charge in [-0.1, -0.05) is 42.5 Å². The van der Waals surface area contributed by atoms with Crippen LogP contribution in [0.1, 0.15) is 32.8 Å². The molecule has 1 N–H and O–H groups in total. The van der Waals surface area contributed by atoms with E-state index in [1.807, 2.05) is 42.5 Å². The van der Waals surface area contributed by atoms with Crippen LogP contribution in [-0.2, 0) is 20.7 Å². The molecule has 2 rings (SSSR count). The second-order valence-electron chi connectivity index (χ2n) is 6.67. The molecule has 0 saturated carbocycles. The molecule has 0 saturated heterocycles. The number of carbonyl (C=O) groups excluding carboxylic acids is 1. The topological polar surface area (TPSA) is 63.6 Å². The van der Waals surface area contributed by atoms with Gasteiger partial charge in [-0.2, -0.15) is 0 Å². The third kappa shape index (κ3) is 4.81. The van der Waals surface area contributed by atoms with Crippen molar-refractivity contribution in [3.05, 3.63) is 48.0 Å². The lowest BCUT2D eigenvalue weighted by atomic mass is 9.93. The lowest BCUT2D eigenvalue weighted by Crippen LogP contribution is -2.28. The van der Waals surface area contributed by atoms with Gasteiger partial charge in [0.05, 0.1) is 12.3 Å². The molecule has 1 atom stereocenters. The first-order valence-electron chi connectivity index (χ1n) is 7.67. The summed E-state index contributed by atoms with van der Waals surface area (Å²) in [6.45, 7) is 5.31. The van der Waals surface area contributed by atoms with E-state index in [-0.39, 0.29) is 6.42 Å². The molecule has 2 aromatic rings. The maximum Gasteiger partial charge on any atom is 0.307 e. The van der Waals surface area contributed by atoms with E-state index < -0.39 is 23.5 Å². The molecule has 0 aliphatic carbocycles. The molecule has 4 heteroatoms. The molecule has 0 aliphatic heterocycles. The van der Waals surface area contributed by atoms with Crippen molar-refractivity contribution in [1.82, 2.24) is 0 Å². The van der Waals surface area contributed by atoms with E-state index >= 15 is 0 Å². The Bertz CT molecular complexity index is 707. The number of aliphatic carboxylic acids is 1. The highest BCUT2D eigenvalue weighted by Crippen LogP contribution is 2.23. The van der Waals surface area contributed by atoms with Crippen molar-refractivity contribution in [2.45, 2.75) is 39.2 Å². The molecule has 0 radical (unpaired) electrons. The Labute approximate surface area is 136 Å². The van der Waals surface area contributed by atoms with Crippen LogP contribution >= 0.6 is 0 Å². The highest BCUT2D eigenvalue weighted by atomic mass is 16.6. The van der Waals surface area contributed by atoms with Gasteiger partial charge in [-0.25, -0.2) is 0 Å². The molecule has 122 valence electrons. The summed E-state index contributed by atoms with van der Waals surface area (Å²) >= 11 is 0. The standard InChI is InChI=1S/C19H22O4/c1-19(2,3)23-17(20)12-15(18(21)22)11-14-9-6-8-13-7-4-5-10-16(13)14/h4-10,15H,11-12H2,1-3H3,(H,21,22)/t15-/m1/s1. The number of hydrogen-bond acceptors (Lipinski definition) is 3. The average molecular weight is 314 g/mol. The smallest absolute Gasteiger partial charge is 0.307 e. The number of carbonyl (C=O) groups is 2. The highest BCUT2D eigenvalue weighted by Gasteiger charge is 2.25. The number of hydrogen-bond donors (Lipinski definition) is 1. The van der Waals surface area contributed by atoms with Crippen LogP contribution in [0, 0.1) is 5.92 Å². The molecule has 0 spiro atoms. The number of ether oxygens (including phenoxy) is 1. The molecule has 0 bridgehead atoms. The van der Waals surface area contributed by atoms with Crippen molar-refractivity contribution in [2.24, 2.45) is 5.92 Å². The van der Waals surface area contributed by atoms with Crippen LogP contribution in [0.3, 0.4) is 0 Å². The van der Waals surface area contributed by atoms with Crippen LogP contribution < -0.4 is 0 Å². The van der Waals surface area contributed by atoms with Crippen molar-refractivity contribution in [3.8, 4) is 0 Å². The highest BCUT2D eigenvalue weighted by molar-refractivity contribution is 5.86. The normalized spacial score (nSPS) is 12.8. The van der Waals surface area contributed by atoms with E-state index in [9.17, 15) is 14.7 Å². The Hall–Kier alpha value is -2.36. The summed E-state index contributed by atoms with van der Waals surface area (Å²) in [4.78, 5) is 23.5. The number of benzene rings is 2. The summed E-state index contributed by atoms with van der Waals surface area (Å²) < 4.78 is 5.24. The summed E-state index contributed by atoms with van der Waals surface area (Å²) in [6, 6.07) is 13.6. The fourth-order valence-electron chi connectivity index (χ4n) is 2.57. The minimum Gasteiger partial charge on any atom is -0.481 e. The fourth-order valence-corrected chi connectivity index (χ4v) is 2.57. The van der Waals surface area contributed by atoms with Gasteiger partial charge in [0.25, 0.3) is 0 Å². The van der Waals surface area contributed by atoms with Gasteiger partial charge in [-0.15, -0.1) is 0 Å². The number of rotatable bonds is 5. The van der Waals surface area contributed by atoms with Gasteiger partial charge in [0.2, 0.25) is 0 Å². The Morgan fingerprint density at radius 3 is 2.39 bits per heavy atom. The molecule has 23 heavy (non-hydrogen) atoms. The van der Waals surface area contributed by atoms with Gasteiger partial charge in [0.15, 0.2) is 0 Å². The quantitative estimate of drug-likeness (QED) is 0.852. The van der Waals surface area contributed by atoms with Gasteiger partial charge in [-0.3, -0.25) is 9.59 Å². The first-order chi connectivity index (χ1) is 10.8. The maximum absolute atomic E-state index is 11.9. The summed E-state index contributed by atoms with van der Waals surface area (Å²) in [6.07, 6.45) is 0.172. The zero-order valence-electron chi connectivity index (χ0n) is 13.7. The SMILES string of the molecule is CC(C)(C)OC(=O)C[C@@H](Cc1cccc2ccccc12)C(=O)O. The predicted octanol–water partition coefficient (Wildman–Crippen LogP) is 3.81. The van der Waals surface area contributed by atoms with Gasteiger partial charge in [0.1, 0.15) is 5.60 Å². The zero-order valence-corrected chi connectivity index (χ0v) is 13.7. The number of carboxylic acid groups (broad SMARTS) is 1. The Balaban J connectivity index is 2.19. The first kappa shape index (κ1) is 17.0. The van der Waals surface area contributed by atoms with Crippen LogP contribution in [0.2, 0.25) is 0 Å². The summed E-state index contributed by atoms with van der Waals surface area (Å²) in [5.74, 6) is -2.26. The summed E-state index contributed by atoms with van der Waals surface area (Å²) in [7, 11) is 0. The Morgan fingerprint density at radius 1 is 1.09 bits per heavy atom. The Morgan fingerprint density at radius 2 is 1.74 bits per heavy atom. The van der Waals surface area contributed by atoms with E-state index in [0.717, 1.165) is 16.3 Å². The van der Waals surface area contributed by atoms with Crippen molar-refractivity contribution < 1.29 is 19.4 Å². The van der Waals surface area contributed by atoms with E-state index in [2.05, 4.69) is 0 Å². The molecule has 0 aromatic heterocycles. The largest absolute Gasteiger partial charge is 0.481 e. The molecule has 0 heterocycles. The third-order valence-corrected chi connectivity index (χ3v) is 3.53. The van der Waals surface area contributed by atoms with E-state index in [4.69, 9.17) is 4.74 Å². The van der Waals surface area contributed by atoms with Crippen LogP contribution in [-0.4, -0.2) is 22.6 Å². The molecular weight excluding hydrogens is 292 g/mol. The minimum atomic E-state index is -0.983. The minimum absolute atomic E-state index is 0.129. The second kappa shape index (κ2) is 6.82. The second-order valence-corrected chi connectivity index (χ2v) is 6.67. The molecule has 2 aromatic carbocycles. The first-order valence-corrected chi connectivity index (χ1v) is 7.67. The fraction of sp³-hybridized carbons (Fsp3) is 0.368. The van der Waals surface area contributed by atoms with Gasteiger partial charge >= 0.3 is 11.9 Å². The number of carboxylic acids is 1. The summed E-state index contributed by atoms with van der Waals surface area (Å²) in [5, 5.41) is 11.5. The monoisotopic (exact) mass is 314 g/mol. The molecule has 0 aliphatic rings. The van der Waals surface area contributed by atoms with Crippen LogP contribution in [0.4, 0.5) is 0 Å². The van der Waals surface area contributed by atoms with Crippen LogP contribution in [0.15, 0.2) is 42.5 Å². The zero-order chi connectivity index (χ0) is 17.0. The van der Waals surface area contributed by atoms with Gasteiger partial charge in [0, 0.05) is 0 Å². The maximum atomic E-state index is 11.9. The Kier molecular flexibility index (Phi) is 5.04. The lowest BCUT2D eigenvalue weighted by molar-refractivity contribution is -0.159. The number of esters is 1. The molecule has 0 unspecified atom stereocenters. The van der Waals surface area contributed by atoms with Crippen molar-refractivity contribution in [3.63, 3.8) is 0 Å². The van der Waals surface area contributed by atoms with Gasteiger partial charge < -0.3 is 9.84 Å².